The molecule has 1 saturated heterocycles. The van der Waals surface area contributed by atoms with Crippen molar-refractivity contribution in [2.24, 2.45) is 11.8 Å². The summed E-state index contributed by atoms with van der Waals surface area (Å²) >= 11 is 0. The summed E-state index contributed by atoms with van der Waals surface area (Å²) in [4.78, 5) is 24.1. The van der Waals surface area contributed by atoms with Gasteiger partial charge in [-0.15, -0.1) is 0 Å². The summed E-state index contributed by atoms with van der Waals surface area (Å²) < 4.78 is 0. The summed E-state index contributed by atoms with van der Waals surface area (Å²) in [5.41, 5.74) is 0. The molecule has 1 unspecified atom stereocenters. The van der Waals surface area contributed by atoms with E-state index in [1.54, 1.807) is 0 Å². The predicted molar refractivity (Wildman–Crippen MR) is 61.0 cm³/mol. The van der Waals surface area contributed by atoms with Crippen molar-refractivity contribution < 1.29 is 14.7 Å². The first-order valence-corrected chi connectivity index (χ1v) is 5.98. The van der Waals surface area contributed by atoms with E-state index in [-0.39, 0.29) is 12.3 Å². The molecule has 92 valence electrons. The topological polar surface area (TPSA) is 57.6 Å². The van der Waals surface area contributed by atoms with Crippen molar-refractivity contribution in [3.8, 4) is 0 Å². The van der Waals surface area contributed by atoms with Crippen molar-refractivity contribution in [3.05, 3.63) is 0 Å². The highest BCUT2D eigenvalue weighted by molar-refractivity contribution is 5.76. The van der Waals surface area contributed by atoms with Crippen LogP contribution in [0.3, 0.4) is 0 Å². The average molecular weight is 227 g/mol. The normalized spacial score (nSPS) is 20.4. The molecule has 0 aliphatic carbocycles. The van der Waals surface area contributed by atoms with E-state index in [1.165, 1.54) is 0 Å². The molecule has 1 fully saturated rings. The standard InChI is InChI=1S/C12H21NO3/c1-9(2)7-11(14)13-6-5-10(8-13)3-4-12(15)16/h9-10H,3-8H2,1-2H3,(H,15,16). The number of rotatable bonds is 5. The number of aliphatic carboxylic acids is 1. The van der Waals surface area contributed by atoms with Crippen LogP contribution in [0.2, 0.25) is 0 Å². The zero-order chi connectivity index (χ0) is 12.1. The van der Waals surface area contributed by atoms with E-state index in [1.807, 2.05) is 18.7 Å². The molecule has 4 heteroatoms. The largest absolute Gasteiger partial charge is 0.481 e. The lowest BCUT2D eigenvalue weighted by atomic mass is 10.0. The number of carboxylic acid groups (broad SMARTS) is 1. The molecular formula is C12H21NO3. The SMILES string of the molecule is CC(C)CC(=O)N1CCC(CCC(=O)O)C1. The maximum absolute atomic E-state index is 11.7. The summed E-state index contributed by atoms with van der Waals surface area (Å²) in [7, 11) is 0. The molecule has 4 nitrogen and oxygen atoms in total. The monoisotopic (exact) mass is 227 g/mol. The second kappa shape index (κ2) is 5.87. The van der Waals surface area contributed by atoms with E-state index < -0.39 is 5.97 Å². The number of hydrogen-bond acceptors (Lipinski definition) is 2. The van der Waals surface area contributed by atoms with Gasteiger partial charge < -0.3 is 10.0 Å². The van der Waals surface area contributed by atoms with Crippen LogP contribution in [-0.4, -0.2) is 35.0 Å². The van der Waals surface area contributed by atoms with Gasteiger partial charge in [0, 0.05) is 25.9 Å². The van der Waals surface area contributed by atoms with Crippen LogP contribution in [0.15, 0.2) is 0 Å². The number of nitrogens with zero attached hydrogens (tertiary/aromatic N) is 1. The van der Waals surface area contributed by atoms with Gasteiger partial charge in [-0.1, -0.05) is 13.8 Å². The van der Waals surface area contributed by atoms with Crippen LogP contribution in [0.5, 0.6) is 0 Å². The van der Waals surface area contributed by atoms with E-state index in [0.29, 0.717) is 24.7 Å². The number of carboxylic acids is 1. The van der Waals surface area contributed by atoms with Crippen LogP contribution in [0.4, 0.5) is 0 Å². The summed E-state index contributed by atoms with van der Waals surface area (Å²) in [5, 5.41) is 8.59. The third kappa shape index (κ3) is 4.21. The molecule has 1 N–H and O–H groups in total. The molecular weight excluding hydrogens is 206 g/mol. The smallest absolute Gasteiger partial charge is 0.303 e. The minimum Gasteiger partial charge on any atom is -0.481 e. The summed E-state index contributed by atoms with van der Waals surface area (Å²) in [6.07, 6.45) is 2.47. The zero-order valence-corrected chi connectivity index (χ0v) is 10.1. The molecule has 0 bridgehead atoms. The maximum Gasteiger partial charge on any atom is 0.303 e. The van der Waals surface area contributed by atoms with E-state index >= 15 is 0 Å². The molecule has 0 spiro atoms. The second-order valence-corrected chi connectivity index (χ2v) is 5.02. The van der Waals surface area contributed by atoms with Gasteiger partial charge in [-0.3, -0.25) is 9.59 Å². The Hall–Kier alpha value is -1.06. The molecule has 0 radical (unpaired) electrons. The van der Waals surface area contributed by atoms with Gasteiger partial charge in [0.15, 0.2) is 0 Å². The zero-order valence-electron chi connectivity index (χ0n) is 10.1. The molecule has 1 aliphatic heterocycles. The minimum atomic E-state index is -0.744. The fraction of sp³-hybridized carbons (Fsp3) is 0.833. The van der Waals surface area contributed by atoms with E-state index in [9.17, 15) is 9.59 Å². The number of likely N-dealkylation sites (tertiary alicyclic amines) is 1. The first kappa shape index (κ1) is 13.0. The molecule has 16 heavy (non-hydrogen) atoms. The molecule has 1 amide bonds. The van der Waals surface area contributed by atoms with Crippen molar-refractivity contribution in [1.29, 1.82) is 0 Å². The highest BCUT2D eigenvalue weighted by atomic mass is 16.4. The summed E-state index contributed by atoms with van der Waals surface area (Å²) in [5.74, 6) is 0.248. The molecule has 0 aromatic carbocycles. The number of carbonyl (C=O) groups excluding carboxylic acids is 1. The van der Waals surface area contributed by atoms with E-state index in [2.05, 4.69) is 0 Å². The Morgan fingerprint density at radius 1 is 1.44 bits per heavy atom. The lowest BCUT2D eigenvalue weighted by Gasteiger charge is -2.17. The Labute approximate surface area is 96.6 Å². The predicted octanol–water partition coefficient (Wildman–Crippen LogP) is 1.75. The van der Waals surface area contributed by atoms with Gasteiger partial charge in [0.1, 0.15) is 0 Å². The average Bonchev–Trinajstić information content (AvgIpc) is 2.61. The van der Waals surface area contributed by atoms with Crippen molar-refractivity contribution in [3.63, 3.8) is 0 Å². The molecule has 1 aliphatic rings. The lowest BCUT2D eigenvalue weighted by molar-refractivity contribution is -0.137. The van der Waals surface area contributed by atoms with Crippen molar-refractivity contribution in [2.75, 3.05) is 13.1 Å². The molecule has 0 saturated carbocycles. The van der Waals surface area contributed by atoms with Gasteiger partial charge in [-0.05, 0) is 24.7 Å². The fourth-order valence-corrected chi connectivity index (χ4v) is 2.10. The van der Waals surface area contributed by atoms with Crippen LogP contribution in [0.25, 0.3) is 0 Å². The van der Waals surface area contributed by atoms with Crippen LogP contribution < -0.4 is 0 Å². The van der Waals surface area contributed by atoms with Crippen molar-refractivity contribution in [1.82, 2.24) is 4.90 Å². The van der Waals surface area contributed by atoms with E-state index in [0.717, 1.165) is 19.5 Å². The van der Waals surface area contributed by atoms with Crippen LogP contribution in [0.1, 0.15) is 39.5 Å². The Bertz CT molecular complexity index is 263. The lowest BCUT2D eigenvalue weighted by Crippen LogP contribution is -2.29. The quantitative estimate of drug-likeness (QED) is 0.778. The highest BCUT2D eigenvalue weighted by Gasteiger charge is 2.26. The Morgan fingerprint density at radius 3 is 2.69 bits per heavy atom. The molecule has 1 rings (SSSR count). The molecule has 1 atom stereocenters. The van der Waals surface area contributed by atoms with Crippen LogP contribution in [0, 0.1) is 11.8 Å². The van der Waals surface area contributed by atoms with Gasteiger partial charge in [-0.25, -0.2) is 0 Å². The van der Waals surface area contributed by atoms with Crippen LogP contribution >= 0.6 is 0 Å². The van der Waals surface area contributed by atoms with Crippen molar-refractivity contribution in [2.45, 2.75) is 39.5 Å². The van der Waals surface area contributed by atoms with Crippen molar-refractivity contribution >= 4 is 11.9 Å². The first-order valence-electron chi connectivity index (χ1n) is 5.98. The molecule has 0 aromatic rings. The highest BCUT2D eigenvalue weighted by Crippen LogP contribution is 2.22. The van der Waals surface area contributed by atoms with Gasteiger partial charge in [0.25, 0.3) is 0 Å². The molecule has 0 aromatic heterocycles. The second-order valence-electron chi connectivity index (χ2n) is 5.02. The van der Waals surface area contributed by atoms with Gasteiger partial charge >= 0.3 is 5.97 Å². The minimum absolute atomic E-state index is 0.216. The number of carbonyl (C=O) groups is 2. The van der Waals surface area contributed by atoms with Crippen LogP contribution in [-0.2, 0) is 9.59 Å². The Balaban J connectivity index is 2.29. The number of hydrogen-bond donors (Lipinski definition) is 1. The summed E-state index contributed by atoms with van der Waals surface area (Å²) in [6.45, 7) is 5.63. The van der Waals surface area contributed by atoms with Gasteiger partial charge in [-0.2, -0.15) is 0 Å². The molecule has 1 heterocycles. The Morgan fingerprint density at radius 2 is 2.12 bits per heavy atom. The third-order valence-electron chi connectivity index (χ3n) is 2.99. The van der Waals surface area contributed by atoms with Gasteiger partial charge in [0.05, 0.1) is 0 Å². The van der Waals surface area contributed by atoms with Gasteiger partial charge in [0.2, 0.25) is 5.91 Å². The third-order valence-corrected chi connectivity index (χ3v) is 2.99. The Kier molecular flexibility index (Phi) is 4.77. The maximum atomic E-state index is 11.7. The van der Waals surface area contributed by atoms with E-state index in [4.69, 9.17) is 5.11 Å². The number of amides is 1. The summed E-state index contributed by atoms with van der Waals surface area (Å²) in [6, 6.07) is 0. The fourth-order valence-electron chi connectivity index (χ4n) is 2.10. The first-order chi connectivity index (χ1) is 7.49.